The van der Waals surface area contributed by atoms with Crippen LogP contribution in [0.25, 0.3) is 0 Å². The second kappa shape index (κ2) is 7.08. The zero-order valence-corrected chi connectivity index (χ0v) is 15.2. The summed E-state index contributed by atoms with van der Waals surface area (Å²) in [6, 6.07) is 13.1. The van der Waals surface area contributed by atoms with Crippen molar-refractivity contribution in [2.24, 2.45) is 0 Å². The predicted molar refractivity (Wildman–Crippen MR) is 103 cm³/mol. The molecule has 3 N–H and O–H groups in total. The topological polar surface area (TPSA) is 95.5 Å². The third kappa shape index (κ3) is 3.42. The Labute approximate surface area is 160 Å². The Morgan fingerprint density at radius 1 is 1.04 bits per heavy atom. The highest BCUT2D eigenvalue weighted by molar-refractivity contribution is 8.15. The van der Waals surface area contributed by atoms with E-state index in [4.69, 9.17) is 0 Å². The monoisotopic (exact) mass is 382 g/mol. The maximum Gasteiger partial charge on any atom is 0.286 e. The molecule has 3 amide bonds. The zero-order valence-electron chi connectivity index (χ0n) is 14.4. The fourth-order valence-corrected chi connectivity index (χ4v) is 4.69. The van der Waals surface area contributed by atoms with E-state index in [1.165, 1.54) is 6.07 Å². The van der Waals surface area contributed by atoms with Crippen LogP contribution in [-0.2, 0) is 22.4 Å². The van der Waals surface area contributed by atoms with Gasteiger partial charge in [0.25, 0.3) is 5.24 Å². The van der Waals surface area contributed by atoms with Gasteiger partial charge >= 0.3 is 0 Å². The van der Waals surface area contributed by atoms with Crippen LogP contribution in [0.15, 0.2) is 42.5 Å². The number of phenols is 1. The standard InChI is InChI=1S/C20H18N2O4S/c23-15-8-6-12(13-7-9-16(24)21-17(13)15)14(10-11-4-2-1-3-5-11)18-19(25)22-20(26)27-18/h1-6,8,14,18,23H,7,9-10H2,(H,21,24)(H,22,25,26). The summed E-state index contributed by atoms with van der Waals surface area (Å²) in [6.45, 7) is 0. The van der Waals surface area contributed by atoms with Crippen molar-refractivity contribution in [3.05, 3.63) is 59.2 Å². The molecule has 0 radical (unpaired) electrons. The van der Waals surface area contributed by atoms with E-state index in [0.717, 1.165) is 28.5 Å². The number of aromatic hydroxyl groups is 1. The Kier molecular flexibility index (Phi) is 4.61. The highest BCUT2D eigenvalue weighted by Gasteiger charge is 2.40. The fourth-order valence-electron chi connectivity index (χ4n) is 3.73. The van der Waals surface area contributed by atoms with Gasteiger partial charge in [0, 0.05) is 12.3 Å². The highest BCUT2D eigenvalue weighted by atomic mass is 32.2. The molecule has 0 spiro atoms. The number of benzene rings is 2. The molecule has 2 atom stereocenters. The second-order valence-corrected chi connectivity index (χ2v) is 7.80. The van der Waals surface area contributed by atoms with Crippen LogP contribution < -0.4 is 10.6 Å². The summed E-state index contributed by atoms with van der Waals surface area (Å²) >= 11 is 1.00. The van der Waals surface area contributed by atoms with Gasteiger partial charge in [0.1, 0.15) is 11.0 Å². The first-order valence-electron chi connectivity index (χ1n) is 8.73. The Bertz CT molecular complexity index is 929. The van der Waals surface area contributed by atoms with Crippen LogP contribution in [0.1, 0.15) is 29.0 Å². The lowest BCUT2D eigenvalue weighted by Gasteiger charge is -2.28. The van der Waals surface area contributed by atoms with Gasteiger partial charge in [0.15, 0.2) is 0 Å². The van der Waals surface area contributed by atoms with Crippen molar-refractivity contribution < 1.29 is 19.5 Å². The molecule has 138 valence electrons. The molecule has 4 rings (SSSR count). The lowest BCUT2D eigenvalue weighted by Crippen LogP contribution is -2.31. The Morgan fingerprint density at radius 2 is 1.81 bits per heavy atom. The van der Waals surface area contributed by atoms with Gasteiger partial charge in [0.2, 0.25) is 11.8 Å². The van der Waals surface area contributed by atoms with Gasteiger partial charge in [-0.1, -0.05) is 48.2 Å². The molecular weight excluding hydrogens is 364 g/mol. The first-order chi connectivity index (χ1) is 13.0. The number of amides is 3. The SMILES string of the molecule is O=C1CCc2c(C(Cc3ccccc3)C3SC(=O)NC3=O)ccc(O)c2N1. The van der Waals surface area contributed by atoms with Crippen molar-refractivity contribution in [3.63, 3.8) is 0 Å². The van der Waals surface area contributed by atoms with Gasteiger partial charge in [-0.3, -0.25) is 19.7 Å². The van der Waals surface area contributed by atoms with Crippen molar-refractivity contribution in [3.8, 4) is 5.75 Å². The largest absolute Gasteiger partial charge is 0.506 e. The van der Waals surface area contributed by atoms with Crippen LogP contribution in [0.4, 0.5) is 10.5 Å². The molecule has 2 aromatic rings. The molecule has 7 heteroatoms. The third-order valence-electron chi connectivity index (χ3n) is 4.97. The maximum absolute atomic E-state index is 12.4. The quantitative estimate of drug-likeness (QED) is 0.707. The molecule has 2 aromatic carbocycles. The number of nitrogens with one attached hydrogen (secondary N) is 2. The van der Waals surface area contributed by atoms with E-state index in [9.17, 15) is 19.5 Å². The molecule has 2 unspecified atom stereocenters. The van der Waals surface area contributed by atoms with Crippen LogP contribution in [-0.4, -0.2) is 27.4 Å². The summed E-state index contributed by atoms with van der Waals surface area (Å²) in [5, 5.41) is 14.4. The summed E-state index contributed by atoms with van der Waals surface area (Å²) < 4.78 is 0. The van der Waals surface area contributed by atoms with Crippen LogP contribution in [0.2, 0.25) is 0 Å². The molecule has 2 aliphatic rings. The van der Waals surface area contributed by atoms with E-state index in [2.05, 4.69) is 10.6 Å². The third-order valence-corrected chi connectivity index (χ3v) is 6.09. The van der Waals surface area contributed by atoms with Crippen molar-refractivity contribution in [2.45, 2.75) is 30.4 Å². The van der Waals surface area contributed by atoms with Crippen molar-refractivity contribution in [1.82, 2.24) is 5.32 Å². The second-order valence-electron chi connectivity index (χ2n) is 6.69. The number of hydrogen-bond donors (Lipinski definition) is 3. The van der Waals surface area contributed by atoms with Crippen LogP contribution in [0.3, 0.4) is 0 Å². The zero-order chi connectivity index (χ0) is 19.0. The maximum atomic E-state index is 12.4. The highest BCUT2D eigenvalue weighted by Crippen LogP contribution is 2.42. The van der Waals surface area contributed by atoms with Crippen LogP contribution >= 0.6 is 11.8 Å². The number of hydrogen-bond acceptors (Lipinski definition) is 5. The van der Waals surface area contributed by atoms with Gasteiger partial charge in [0.05, 0.1) is 5.69 Å². The molecule has 1 saturated heterocycles. The van der Waals surface area contributed by atoms with Crippen molar-refractivity contribution in [2.75, 3.05) is 5.32 Å². The molecule has 0 saturated carbocycles. The molecule has 1 fully saturated rings. The molecule has 2 heterocycles. The molecule has 6 nitrogen and oxygen atoms in total. The number of anilines is 1. The first-order valence-corrected chi connectivity index (χ1v) is 9.61. The lowest BCUT2D eigenvalue weighted by molar-refractivity contribution is -0.119. The minimum absolute atomic E-state index is 0.0138. The number of carbonyl (C=O) groups is 3. The first kappa shape index (κ1) is 17.6. The molecule has 27 heavy (non-hydrogen) atoms. The number of rotatable bonds is 4. The molecule has 0 aromatic heterocycles. The van der Waals surface area contributed by atoms with E-state index in [-0.39, 0.29) is 28.7 Å². The number of imide groups is 1. The Morgan fingerprint density at radius 3 is 2.52 bits per heavy atom. The van der Waals surface area contributed by atoms with Gasteiger partial charge in [-0.15, -0.1) is 0 Å². The van der Waals surface area contributed by atoms with Crippen LogP contribution in [0.5, 0.6) is 5.75 Å². The minimum Gasteiger partial charge on any atom is -0.506 e. The smallest absolute Gasteiger partial charge is 0.286 e. The van der Waals surface area contributed by atoms with Gasteiger partial charge in [-0.2, -0.15) is 0 Å². The van der Waals surface area contributed by atoms with Gasteiger partial charge in [-0.25, -0.2) is 0 Å². The predicted octanol–water partition coefficient (Wildman–Crippen LogP) is 2.95. The Balaban J connectivity index is 1.79. The molecule has 0 bridgehead atoms. The van der Waals surface area contributed by atoms with E-state index in [0.29, 0.717) is 24.9 Å². The van der Waals surface area contributed by atoms with Crippen molar-refractivity contribution >= 4 is 34.5 Å². The average molecular weight is 382 g/mol. The Hall–Kier alpha value is -2.80. The summed E-state index contributed by atoms with van der Waals surface area (Å²) in [5.41, 5.74) is 3.19. The summed E-state index contributed by atoms with van der Waals surface area (Å²) in [5.74, 6) is -0.682. The summed E-state index contributed by atoms with van der Waals surface area (Å²) in [7, 11) is 0. The number of carbonyl (C=O) groups excluding carboxylic acids is 3. The summed E-state index contributed by atoms with van der Waals surface area (Å²) in [4.78, 5) is 35.9. The molecular formula is C20H18N2O4S. The number of phenolic OH excluding ortho intramolecular Hbond substituents is 1. The van der Waals surface area contributed by atoms with Gasteiger partial charge in [-0.05, 0) is 35.6 Å². The van der Waals surface area contributed by atoms with Gasteiger partial charge < -0.3 is 10.4 Å². The normalized spacial score (nSPS) is 20.0. The molecule has 0 aliphatic carbocycles. The van der Waals surface area contributed by atoms with E-state index in [1.807, 2.05) is 30.3 Å². The minimum atomic E-state index is -0.552. The number of thioether (sulfide) groups is 1. The van der Waals surface area contributed by atoms with Crippen molar-refractivity contribution in [1.29, 1.82) is 0 Å². The number of fused-ring (bicyclic) bond motifs is 1. The lowest BCUT2D eigenvalue weighted by atomic mass is 9.83. The summed E-state index contributed by atoms with van der Waals surface area (Å²) in [6.07, 6.45) is 1.39. The van der Waals surface area contributed by atoms with E-state index < -0.39 is 5.25 Å². The molecule has 2 aliphatic heterocycles. The van der Waals surface area contributed by atoms with E-state index in [1.54, 1.807) is 6.07 Å². The van der Waals surface area contributed by atoms with Crippen LogP contribution in [0, 0.1) is 0 Å². The van der Waals surface area contributed by atoms with E-state index >= 15 is 0 Å². The fraction of sp³-hybridized carbons (Fsp3) is 0.250. The average Bonchev–Trinajstić information content (AvgIpc) is 3.00.